The van der Waals surface area contributed by atoms with Gasteiger partial charge in [-0.15, -0.1) is 0 Å². The second-order valence-electron chi connectivity index (χ2n) is 4.46. The highest BCUT2D eigenvalue weighted by Crippen LogP contribution is 2.19. The van der Waals surface area contributed by atoms with Crippen molar-refractivity contribution >= 4 is 23.8 Å². The minimum atomic E-state index is 0.331. The number of hydrogen-bond acceptors (Lipinski definition) is 3. The highest BCUT2D eigenvalue weighted by atomic mass is 35.5. The Hall–Kier alpha value is -2.59. The molecule has 21 heavy (non-hydrogen) atoms. The number of hydrogen-bond donors (Lipinski definition) is 1. The van der Waals surface area contributed by atoms with Gasteiger partial charge in [0.15, 0.2) is 0 Å². The molecule has 2 N–H and O–H groups in total. The minimum absolute atomic E-state index is 0.331. The number of rotatable bonds is 3. The third-order valence-corrected chi connectivity index (χ3v) is 3.35. The second kappa shape index (κ2) is 5.81. The fraction of sp³-hybridized carbons (Fsp3) is 0. The van der Waals surface area contributed by atoms with E-state index in [1.807, 2.05) is 54.6 Å². The summed E-state index contributed by atoms with van der Waals surface area (Å²) in [6, 6.07) is 17.3. The summed E-state index contributed by atoms with van der Waals surface area (Å²) in [4.78, 5) is 4.31. The molecule has 3 aromatic rings. The van der Waals surface area contributed by atoms with Gasteiger partial charge in [0, 0.05) is 16.1 Å². The first-order valence-corrected chi connectivity index (χ1v) is 6.81. The van der Waals surface area contributed by atoms with Crippen molar-refractivity contribution in [1.29, 1.82) is 0 Å². The summed E-state index contributed by atoms with van der Waals surface area (Å²) < 4.78 is 1.53. The van der Waals surface area contributed by atoms with Crippen LogP contribution >= 0.6 is 11.6 Å². The van der Waals surface area contributed by atoms with E-state index in [-0.39, 0.29) is 0 Å². The second-order valence-corrected chi connectivity index (χ2v) is 4.87. The van der Waals surface area contributed by atoms with Crippen LogP contribution in [0.1, 0.15) is 5.56 Å². The summed E-state index contributed by atoms with van der Waals surface area (Å²) in [7, 11) is 0. The van der Waals surface area contributed by atoms with E-state index in [0.717, 1.165) is 16.8 Å². The monoisotopic (exact) mass is 296 g/mol. The Labute approximate surface area is 127 Å². The van der Waals surface area contributed by atoms with Crippen molar-refractivity contribution < 1.29 is 0 Å². The Morgan fingerprint density at radius 3 is 2.52 bits per heavy atom. The molecule has 1 heterocycles. The lowest BCUT2D eigenvalue weighted by molar-refractivity contribution is 0.898. The Morgan fingerprint density at radius 2 is 1.76 bits per heavy atom. The van der Waals surface area contributed by atoms with Crippen molar-refractivity contribution in [2.24, 2.45) is 5.10 Å². The molecule has 0 fully saturated rings. The zero-order valence-electron chi connectivity index (χ0n) is 11.1. The number of nitrogens with zero attached hydrogens (tertiary/aromatic N) is 3. The molecule has 0 aliphatic rings. The van der Waals surface area contributed by atoms with Crippen LogP contribution < -0.4 is 5.73 Å². The molecule has 0 spiro atoms. The number of imidazole rings is 1. The largest absolute Gasteiger partial charge is 0.368 e. The number of nitrogens with two attached hydrogens (primary N) is 1. The molecule has 0 aliphatic heterocycles. The molecule has 0 atom stereocenters. The molecule has 5 heteroatoms. The normalized spacial score (nSPS) is 11.1. The van der Waals surface area contributed by atoms with Gasteiger partial charge in [-0.25, -0.2) is 9.66 Å². The van der Waals surface area contributed by atoms with Crippen molar-refractivity contribution in [2.75, 3.05) is 5.73 Å². The average molecular weight is 297 g/mol. The van der Waals surface area contributed by atoms with E-state index in [0.29, 0.717) is 11.0 Å². The molecular weight excluding hydrogens is 284 g/mol. The molecule has 0 bridgehead atoms. The van der Waals surface area contributed by atoms with Gasteiger partial charge in [-0.3, -0.25) is 0 Å². The Kier molecular flexibility index (Phi) is 3.71. The van der Waals surface area contributed by atoms with Crippen LogP contribution in [0.2, 0.25) is 5.02 Å². The van der Waals surface area contributed by atoms with Crippen LogP contribution in [-0.4, -0.2) is 15.9 Å². The summed E-state index contributed by atoms with van der Waals surface area (Å²) in [6.45, 7) is 0. The van der Waals surface area contributed by atoms with Crippen LogP contribution in [0.15, 0.2) is 65.9 Å². The quantitative estimate of drug-likeness (QED) is 0.750. The fourth-order valence-electron chi connectivity index (χ4n) is 1.93. The van der Waals surface area contributed by atoms with Crippen LogP contribution in [0.3, 0.4) is 0 Å². The highest BCUT2D eigenvalue weighted by molar-refractivity contribution is 6.33. The first kappa shape index (κ1) is 13.4. The van der Waals surface area contributed by atoms with Gasteiger partial charge >= 0.3 is 0 Å². The molecule has 1 aromatic heterocycles. The number of aromatic nitrogens is 2. The molecule has 3 rings (SSSR count). The Balaban J connectivity index is 1.91. The zero-order chi connectivity index (χ0) is 14.7. The summed E-state index contributed by atoms with van der Waals surface area (Å²) in [5.74, 6) is 0.331. The molecule has 0 saturated heterocycles. The first-order valence-electron chi connectivity index (χ1n) is 6.43. The summed E-state index contributed by atoms with van der Waals surface area (Å²) in [5, 5.41) is 4.94. The molecule has 0 radical (unpaired) electrons. The highest BCUT2D eigenvalue weighted by Gasteiger charge is 2.05. The smallest absolute Gasteiger partial charge is 0.221 e. The molecule has 0 unspecified atom stereocenters. The van der Waals surface area contributed by atoms with Crippen LogP contribution in [-0.2, 0) is 0 Å². The van der Waals surface area contributed by atoms with Gasteiger partial charge in [-0.05, 0) is 6.07 Å². The minimum Gasteiger partial charge on any atom is -0.368 e. The standard InChI is InChI=1S/C16H13ClN4/c17-14-9-5-4-8-13(14)10-19-21-11-15(20-16(21)18)12-6-2-1-3-7-12/h1-11H,(H2,18,20). The van der Waals surface area contributed by atoms with Gasteiger partial charge < -0.3 is 5.73 Å². The van der Waals surface area contributed by atoms with Crippen LogP contribution in [0, 0.1) is 0 Å². The number of nitrogen functional groups attached to an aromatic ring is 1. The maximum absolute atomic E-state index is 6.08. The molecule has 104 valence electrons. The van der Waals surface area contributed by atoms with E-state index in [1.54, 1.807) is 12.4 Å². The van der Waals surface area contributed by atoms with Gasteiger partial charge in [-0.2, -0.15) is 5.10 Å². The van der Waals surface area contributed by atoms with Gasteiger partial charge in [0.25, 0.3) is 0 Å². The lowest BCUT2D eigenvalue weighted by atomic mass is 10.2. The van der Waals surface area contributed by atoms with Crippen molar-refractivity contribution in [1.82, 2.24) is 9.66 Å². The predicted octanol–water partition coefficient (Wildman–Crippen LogP) is 3.67. The van der Waals surface area contributed by atoms with Crippen LogP contribution in [0.25, 0.3) is 11.3 Å². The van der Waals surface area contributed by atoms with Gasteiger partial charge in [0.1, 0.15) is 0 Å². The first-order chi connectivity index (χ1) is 10.2. The molecule has 0 amide bonds. The van der Waals surface area contributed by atoms with E-state index in [9.17, 15) is 0 Å². The number of benzene rings is 2. The predicted molar refractivity (Wildman–Crippen MR) is 86.5 cm³/mol. The molecule has 0 aliphatic carbocycles. The SMILES string of the molecule is Nc1nc(-c2ccccc2)cn1N=Cc1ccccc1Cl. The van der Waals surface area contributed by atoms with Gasteiger partial charge in [0.2, 0.25) is 5.95 Å². The van der Waals surface area contributed by atoms with E-state index >= 15 is 0 Å². The third kappa shape index (κ3) is 2.95. The molecule has 0 saturated carbocycles. The summed E-state index contributed by atoms with van der Waals surface area (Å²) in [5.41, 5.74) is 8.49. The zero-order valence-corrected chi connectivity index (χ0v) is 11.9. The average Bonchev–Trinajstić information content (AvgIpc) is 2.89. The van der Waals surface area contributed by atoms with Gasteiger partial charge in [0.05, 0.1) is 18.1 Å². The summed E-state index contributed by atoms with van der Waals surface area (Å²) in [6.07, 6.45) is 3.45. The Morgan fingerprint density at radius 1 is 1.05 bits per heavy atom. The fourth-order valence-corrected chi connectivity index (χ4v) is 2.11. The lowest BCUT2D eigenvalue weighted by Gasteiger charge is -1.97. The lowest BCUT2D eigenvalue weighted by Crippen LogP contribution is -1.97. The van der Waals surface area contributed by atoms with Crippen LogP contribution in [0.5, 0.6) is 0 Å². The molecule has 4 nitrogen and oxygen atoms in total. The van der Waals surface area contributed by atoms with E-state index in [2.05, 4.69) is 10.1 Å². The molecular formula is C16H13ClN4. The van der Waals surface area contributed by atoms with Crippen molar-refractivity contribution in [2.45, 2.75) is 0 Å². The Bertz CT molecular complexity index is 778. The van der Waals surface area contributed by atoms with Crippen molar-refractivity contribution in [3.8, 4) is 11.3 Å². The van der Waals surface area contributed by atoms with Crippen molar-refractivity contribution in [3.05, 3.63) is 71.4 Å². The van der Waals surface area contributed by atoms with Crippen molar-refractivity contribution in [3.63, 3.8) is 0 Å². The molecule has 2 aromatic carbocycles. The maximum atomic E-state index is 6.08. The van der Waals surface area contributed by atoms with E-state index < -0.39 is 0 Å². The van der Waals surface area contributed by atoms with E-state index in [1.165, 1.54) is 4.68 Å². The number of halogens is 1. The van der Waals surface area contributed by atoms with Crippen LogP contribution in [0.4, 0.5) is 5.95 Å². The third-order valence-electron chi connectivity index (χ3n) is 3.01. The summed E-state index contributed by atoms with van der Waals surface area (Å²) >= 11 is 6.08. The topological polar surface area (TPSA) is 56.2 Å². The maximum Gasteiger partial charge on any atom is 0.221 e. The van der Waals surface area contributed by atoms with E-state index in [4.69, 9.17) is 17.3 Å². The number of anilines is 1. The van der Waals surface area contributed by atoms with Gasteiger partial charge in [-0.1, -0.05) is 60.1 Å².